The van der Waals surface area contributed by atoms with E-state index in [4.69, 9.17) is 18.9 Å². The molecule has 240 valence electrons. The average molecular weight is 625 g/mol. The zero-order valence-electron chi connectivity index (χ0n) is 27.4. The van der Waals surface area contributed by atoms with Gasteiger partial charge in [-0.25, -0.2) is 0 Å². The minimum atomic E-state index is -0.164. The van der Waals surface area contributed by atoms with Crippen molar-refractivity contribution in [3.63, 3.8) is 0 Å². The maximum absolute atomic E-state index is 5.92. The predicted octanol–water partition coefficient (Wildman–Crippen LogP) is 10.2. The maximum atomic E-state index is 5.92. The van der Waals surface area contributed by atoms with Crippen LogP contribution >= 0.6 is 0 Å². The summed E-state index contributed by atoms with van der Waals surface area (Å²) in [6.07, 6.45) is 18.6. The summed E-state index contributed by atoms with van der Waals surface area (Å²) in [6, 6.07) is 33.8. The molecule has 6 rings (SSSR count). The van der Waals surface area contributed by atoms with E-state index in [0.29, 0.717) is 38.3 Å². The van der Waals surface area contributed by atoms with Crippen molar-refractivity contribution in [1.29, 1.82) is 0 Å². The molecular weight excluding hydrogens is 580 g/mol. The molecule has 2 unspecified atom stereocenters. The third-order valence-corrected chi connectivity index (χ3v) is 9.06. The van der Waals surface area contributed by atoms with Gasteiger partial charge in [-0.05, 0) is 82.6 Å². The van der Waals surface area contributed by atoms with Crippen LogP contribution in [0.15, 0.2) is 134 Å². The maximum Gasteiger partial charge on any atom is 0.122 e. The number of hydrogen-bond acceptors (Lipinski definition) is 4. The molecule has 47 heavy (non-hydrogen) atoms. The van der Waals surface area contributed by atoms with Gasteiger partial charge in [0.15, 0.2) is 0 Å². The Morgan fingerprint density at radius 1 is 0.532 bits per heavy atom. The van der Waals surface area contributed by atoms with Gasteiger partial charge in [0.05, 0.1) is 12.5 Å². The number of benzene rings is 4. The Morgan fingerprint density at radius 3 is 1.40 bits per heavy atom. The van der Waals surface area contributed by atoms with Gasteiger partial charge < -0.3 is 18.9 Å². The van der Waals surface area contributed by atoms with Gasteiger partial charge in [-0.15, -0.1) is 0 Å². The van der Waals surface area contributed by atoms with Crippen LogP contribution in [0.5, 0.6) is 11.5 Å². The first-order valence-corrected chi connectivity index (χ1v) is 16.6. The summed E-state index contributed by atoms with van der Waals surface area (Å²) in [7, 11) is 0. The van der Waals surface area contributed by atoms with Crippen LogP contribution in [0.4, 0.5) is 0 Å². The van der Waals surface area contributed by atoms with Crippen LogP contribution in [0.2, 0.25) is 0 Å². The fraction of sp³-hybridized carbons (Fsp3) is 0.256. The minimum Gasteiger partial charge on any atom is -0.498 e. The summed E-state index contributed by atoms with van der Waals surface area (Å²) in [5.41, 5.74) is 7.69. The Kier molecular flexibility index (Phi) is 10.6. The second kappa shape index (κ2) is 15.6. The lowest BCUT2D eigenvalue weighted by molar-refractivity contribution is 0.178. The van der Waals surface area contributed by atoms with E-state index in [1.54, 1.807) is 12.5 Å². The van der Waals surface area contributed by atoms with E-state index in [-0.39, 0.29) is 5.41 Å². The summed E-state index contributed by atoms with van der Waals surface area (Å²) in [4.78, 5) is 0. The van der Waals surface area contributed by atoms with Crippen molar-refractivity contribution >= 4 is 12.2 Å². The molecule has 2 atom stereocenters. The van der Waals surface area contributed by atoms with Crippen LogP contribution in [0.3, 0.4) is 0 Å². The molecule has 0 radical (unpaired) electrons. The summed E-state index contributed by atoms with van der Waals surface area (Å²) < 4.78 is 23.2. The number of allylic oxidation sites excluding steroid dienone is 4. The molecule has 0 bridgehead atoms. The Hall–Kier alpha value is -4.96. The second-order valence-electron chi connectivity index (χ2n) is 12.5. The SMILES string of the molecule is CC(C)(c1ccc(OCCOC=CCC2C=Cc3ccccc32)cc1)c1ccc(OCCOC=CCC2C=Cc3ccccc32)cc1. The third-order valence-electron chi connectivity index (χ3n) is 9.06. The second-order valence-corrected chi connectivity index (χ2v) is 12.5. The molecule has 0 aliphatic heterocycles. The molecule has 0 aromatic heterocycles. The summed E-state index contributed by atoms with van der Waals surface area (Å²) in [5.74, 6) is 2.54. The molecule has 0 spiro atoms. The molecule has 0 saturated heterocycles. The highest BCUT2D eigenvalue weighted by Crippen LogP contribution is 2.35. The summed E-state index contributed by atoms with van der Waals surface area (Å²) in [6.45, 7) is 6.47. The zero-order chi connectivity index (χ0) is 32.3. The molecule has 0 heterocycles. The topological polar surface area (TPSA) is 36.9 Å². The Bertz CT molecular complexity index is 1580. The average Bonchev–Trinajstić information content (AvgIpc) is 3.72. The molecule has 4 nitrogen and oxygen atoms in total. The minimum absolute atomic E-state index is 0.164. The monoisotopic (exact) mass is 624 g/mol. The van der Waals surface area contributed by atoms with E-state index < -0.39 is 0 Å². The first-order valence-electron chi connectivity index (χ1n) is 16.6. The highest BCUT2D eigenvalue weighted by atomic mass is 16.5. The Balaban J connectivity index is 0.870. The normalized spacial score (nSPS) is 16.5. The van der Waals surface area contributed by atoms with Gasteiger partial charge in [-0.2, -0.15) is 0 Å². The molecule has 0 saturated carbocycles. The van der Waals surface area contributed by atoms with Crippen molar-refractivity contribution in [3.05, 3.63) is 167 Å². The van der Waals surface area contributed by atoms with Crippen LogP contribution in [0.25, 0.3) is 12.2 Å². The van der Waals surface area contributed by atoms with Gasteiger partial charge in [0.1, 0.15) is 37.9 Å². The number of fused-ring (bicyclic) bond motifs is 2. The number of rotatable bonds is 16. The van der Waals surface area contributed by atoms with E-state index in [0.717, 1.165) is 24.3 Å². The Labute approximate surface area is 279 Å². The smallest absolute Gasteiger partial charge is 0.122 e. The lowest BCUT2D eigenvalue weighted by Gasteiger charge is -2.26. The van der Waals surface area contributed by atoms with Crippen LogP contribution in [-0.4, -0.2) is 26.4 Å². The van der Waals surface area contributed by atoms with E-state index in [1.165, 1.54) is 33.4 Å². The van der Waals surface area contributed by atoms with Gasteiger partial charge in [-0.1, -0.05) is 111 Å². The van der Waals surface area contributed by atoms with Gasteiger partial charge in [0, 0.05) is 17.3 Å². The first-order chi connectivity index (χ1) is 23.1. The van der Waals surface area contributed by atoms with E-state index in [2.05, 4.69) is 123 Å². The van der Waals surface area contributed by atoms with Crippen molar-refractivity contribution < 1.29 is 18.9 Å². The number of ether oxygens (including phenoxy) is 4. The van der Waals surface area contributed by atoms with Crippen LogP contribution in [0.1, 0.15) is 71.9 Å². The first kappa shape index (κ1) is 32.0. The fourth-order valence-corrected chi connectivity index (χ4v) is 6.25. The van der Waals surface area contributed by atoms with Gasteiger partial charge >= 0.3 is 0 Å². The molecule has 2 aliphatic rings. The lowest BCUT2D eigenvalue weighted by atomic mass is 9.78. The zero-order valence-corrected chi connectivity index (χ0v) is 27.4. The van der Waals surface area contributed by atoms with Crippen molar-refractivity contribution in [3.8, 4) is 11.5 Å². The van der Waals surface area contributed by atoms with Crippen molar-refractivity contribution in [2.75, 3.05) is 26.4 Å². The van der Waals surface area contributed by atoms with Crippen LogP contribution in [0, 0.1) is 0 Å². The molecule has 0 fully saturated rings. The van der Waals surface area contributed by atoms with E-state index >= 15 is 0 Å². The summed E-state index contributed by atoms with van der Waals surface area (Å²) >= 11 is 0. The molecule has 4 aromatic carbocycles. The van der Waals surface area contributed by atoms with Crippen molar-refractivity contribution in [2.45, 2.75) is 43.9 Å². The van der Waals surface area contributed by atoms with E-state index in [1.807, 2.05) is 24.3 Å². The van der Waals surface area contributed by atoms with Gasteiger partial charge in [0.25, 0.3) is 0 Å². The predicted molar refractivity (Wildman–Crippen MR) is 192 cm³/mol. The molecule has 4 aromatic rings. The standard InChI is InChI=1S/C43H44O4/c1-43(2,37-19-23-39(24-20-37)46-31-29-44-27-7-11-35-17-15-33-9-3-5-13-41(33)35)38-21-25-40(26-22-38)47-32-30-45-28-8-12-36-18-16-34-10-4-6-14-42(34)36/h3-10,13-28,35-36H,11-12,29-32H2,1-2H3. The molecule has 0 amide bonds. The molecule has 4 heteroatoms. The van der Waals surface area contributed by atoms with Crippen molar-refractivity contribution in [2.24, 2.45) is 0 Å². The van der Waals surface area contributed by atoms with Gasteiger partial charge in [-0.3, -0.25) is 0 Å². The Morgan fingerprint density at radius 2 is 0.957 bits per heavy atom. The van der Waals surface area contributed by atoms with Crippen molar-refractivity contribution in [1.82, 2.24) is 0 Å². The highest BCUT2D eigenvalue weighted by Gasteiger charge is 2.23. The summed E-state index contributed by atoms with van der Waals surface area (Å²) in [5, 5.41) is 0. The lowest BCUT2D eigenvalue weighted by Crippen LogP contribution is -2.18. The molecular formula is C43H44O4. The highest BCUT2D eigenvalue weighted by molar-refractivity contribution is 5.63. The molecule has 2 aliphatic carbocycles. The number of hydrogen-bond donors (Lipinski definition) is 0. The fourth-order valence-electron chi connectivity index (χ4n) is 6.25. The quantitative estimate of drug-likeness (QED) is 0.0918. The third kappa shape index (κ3) is 8.26. The van der Waals surface area contributed by atoms with Crippen LogP contribution < -0.4 is 9.47 Å². The van der Waals surface area contributed by atoms with Gasteiger partial charge in [0.2, 0.25) is 0 Å². The largest absolute Gasteiger partial charge is 0.498 e. The van der Waals surface area contributed by atoms with Crippen LogP contribution in [-0.2, 0) is 14.9 Å². The van der Waals surface area contributed by atoms with E-state index in [9.17, 15) is 0 Å². The molecule has 0 N–H and O–H groups in total.